The molecule has 0 aliphatic heterocycles. The molecule has 5 heteroatoms. The van der Waals surface area contributed by atoms with E-state index in [2.05, 4.69) is 0 Å². The maximum Gasteiger partial charge on any atom is 0.309 e. The van der Waals surface area contributed by atoms with Crippen molar-refractivity contribution >= 4 is 28.3 Å². The summed E-state index contributed by atoms with van der Waals surface area (Å²) in [4.78, 5) is 28.4. The van der Waals surface area contributed by atoms with Gasteiger partial charge in [-0.3, -0.25) is 14.5 Å². The van der Waals surface area contributed by atoms with Gasteiger partial charge < -0.3 is 9.64 Å². The second kappa shape index (κ2) is 9.34. The van der Waals surface area contributed by atoms with Gasteiger partial charge in [0.15, 0.2) is 0 Å². The molecule has 1 unspecified atom stereocenters. The molecule has 2 rings (SSSR count). The molecule has 0 fully saturated rings. The van der Waals surface area contributed by atoms with Crippen molar-refractivity contribution in [1.29, 1.82) is 0 Å². The molecule has 0 spiro atoms. The Balaban J connectivity index is 2.18. The van der Waals surface area contributed by atoms with E-state index in [4.69, 9.17) is 4.74 Å². The Morgan fingerprint density at radius 3 is 2.38 bits per heavy atom. The number of hydrogen-bond donors (Lipinski definition) is 0. The monoisotopic (exact) mass is 356 g/mol. The number of nitrogens with zero attached hydrogens (tertiary/aromatic N) is 2. The van der Waals surface area contributed by atoms with E-state index in [1.807, 2.05) is 73.0 Å². The zero-order chi connectivity index (χ0) is 19.1. The standard InChI is InChI=1S/C21H28N2O3/c1-5-22(14-16(3)21(25)26-4)15-20(24)23(6-2)19-13-9-11-17-10-7-8-12-18(17)19/h7-13,16H,5-6,14-15H2,1-4H3. The fraction of sp³-hybridized carbons (Fsp3) is 0.429. The smallest absolute Gasteiger partial charge is 0.309 e. The molecule has 140 valence electrons. The number of esters is 1. The third-order valence-corrected chi connectivity index (χ3v) is 4.62. The van der Waals surface area contributed by atoms with Gasteiger partial charge in [0.25, 0.3) is 0 Å². The quantitative estimate of drug-likeness (QED) is 0.681. The lowest BCUT2D eigenvalue weighted by Crippen LogP contribution is -2.42. The number of carbonyl (C=O) groups is 2. The number of hydrogen-bond acceptors (Lipinski definition) is 4. The van der Waals surface area contributed by atoms with Crippen LogP contribution in [0.3, 0.4) is 0 Å². The van der Waals surface area contributed by atoms with Crippen LogP contribution in [0.5, 0.6) is 0 Å². The molecule has 1 atom stereocenters. The van der Waals surface area contributed by atoms with Crippen LogP contribution in [-0.2, 0) is 14.3 Å². The zero-order valence-corrected chi connectivity index (χ0v) is 16.1. The fourth-order valence-corrected chi connectivity index (χ4v) is 3.17. The Kier molecular flexibility index (Phi) is 7.16. The number of benzene rings is 2. The predicted octanol–water partition coefficient (Wildman–Crippen LogP) is 3.32. The van der Waals surface area contributed by atoms with Crippen molar-refractivity contribution in [3.8, 4) is 0 Å². The Morgan fingerprint density at radius 2 is 1.73 bits per heavy atom. The molecule has 0 saturated carbocycles. The molecule has 0 N–H and O–H groups in total. The third-order valence-electron chi connectivity index (χ3n) is 4.62. The molecule has 0 aromatic heterocycles. The van der Waals surface area contributed by atoms with E-state index in [9.17, 15) is 9.59 Å². The summed E-state index contributed by atoms with van der Waals surface area (Å²) in [6.07, 6.45) is 0. The van der Waals surface area contributed by atoms with Gasteiger partial charge in [0.2, 0.25) is 5.91 Å². The lowest BCUT2D eigenvalue weighted by molar-refractivity contribution is -0.145. The summed E-state index contributed by atoms with van der Waals surface area (Å²) in [6, 6.07) is 14.1. The minimum absolute atomic E-state index is 0.0303. The van der Waals surface area contributed by atoms with Crippen LogP contribution in [-0.4, -0.2) is 50.1 Å². The highest BCUT2D eigenvalue weighted by molar-refractivity contribution is 6.04. The van der Waals surface area contributed by atoms with Gasteiger partial charge in [-0.05, 0) is 24.9 Å². The molecular formula is C21H28N2O3. The maximum absolute atomic E-state index is 13.0. The van der Waals surface area contributed by atoms with Gasteiger partial charge in [-0.1, -0.05) is 50.2 Å². The predicted molar refractivity (Wildman–Crippen MR) is 105 cm³/mol. The number of likely N-dealkylation sites (N-methyl/N-ethyl adjacent to an activating group) is 2. The maximum atomic E-state index is 13.0. The van der Waals surface area contributed by atoms with Gasteiger partial charge in [-0.15, -0.1) is 0 Å². The highest BCUT2D eigenvalue weighted by Crippen LogP contribution is 2.26. The van der Waals surface area contributed by atoms with E-state index in [1.165, 1.54) is 7.11 Å². The molecule has 1 amide bonds. The van der Waals surface area contributed by atoms with Crippen LogP contribution in [0.4, 0.5) is 5.69 Å². The number of methoxy groups -OCH3 is 1. The van der Waals surface area contributed by atoms with Crippen molar-refractivity contribution in [1.82, 2.24) is 4.90 Å². The number of carbonyl (C=O) groups excluding carboxylic acids is 2. The Hall–Kier alpha value is -2.40. The molecule has 0 bridgehead atoms. The van der Waals surface area contributed by atoms with Crippen molar-refractivity contribution in [3.63, 3.8) is 0 Å². The molecule has 2 aromatic rings. The topological polar surface area (TPSA) is 49.9 Å². The normalized spacial score (nSPS) is 12.2. The summed E-state index contributed by atoms with van der Waals surface area (Å²) in [7, 11) is 1.39. The minimum atomic E-state index is -0.264. The van der Waals surface area contributed by atoms with Crippen molar-refractivity contribution in [3.05, 3.63) is 42.5 Å². The molecule has 0 radical (unpaired) electrons. The molecule has 0 saturated heterocycles. The van der Waals surface area contributed by atoms with Gasteiger partial charge in [-0.25, -0.2) is 0 Å². The van der Waals surface area contributed by atoms with E-state index >= 15 is 0 Å². The zero-order valence-electron chi connectivity index (χ0n) is 16.1. The van der Waals surface area contributed by atoms with Gasteiger partial charge >= 0.3 is 5.97 Å². The van der Waals surface area contributed by atoms with Crippen LogP contribution in [0.15, 0.2) is 42.5 Å². The number of amides is 1. The average molecular weight is 356 g/mol. The summed E-state index contributed by atoms with van der Waals surface area (Å²) in [6.45, 7) is 7.85. The van der Waals surface area contributed by atoms with Gasteiger partial charge in [0.1, 0.15) is 0 Å². The number of fused-ring (bicyclic) bond motifs is 1. The van der Waals surface area contributed by atoms with Crippen molar-refractivity contribution in [2.75, 3.05) is 38.2 Å². The van der Waals surface area contributed by atoms with Crippen LogP contribution in [0.25, 0.3) is 10.8 Å². The van der Waals surface area contributed by atoms with E-state index in [0.717, 1.165) is 16.5 Å². The van der Waals surface area contributed by atoms with Gasteiger partial charge in [0.05, 0.1) is 25.3 Å². The van der Waals surface area contributed by atoms with Crippen molar-refractivity contribution < 1.29 is 14.3 Å². The van der Waals surface area contributed by atoms with Crippen molar-refractivity contribution in [2.45, 2.75) is 20.8 Å². The second-order valence-electron chi connectivity index (χ2n) is 6.39. The number of ether oxygens (including phenoxy) is 1. The van der Waals surface area contributed by atoms with Crippen LogP contribution in [0.2, 0.25) is 0 Å². The number of anilines is 1. The molecule has 0 aliphatic rings. The molecule has 0 heterocycles. The SMILES string of the molecule is CCN(CC(=O)N(CC)c1cccc2ccccc12)CC(C)C(=O)OC. The van der Waals surface area contributed by atoms with Gasteiger partial charge in [0, 0.05) is 18.5 Å². The van der Waals surface area contributed by atoms with Crippen LogP contribution in [0.1, 0.15) is 20.8 Å². The average Bonchev–Trinajstić information content (AvgIpc) is 2.67. The first-order valence-electron chi connectivity index (χ1n) is 9.10. The summed E-state index contributed by atoms with van der Waals surface area (Å²) < 4.78 is 4.79. The molecule has 5 nitrogen and oxygen atoms in total. The third kappa shape index (κ3) is 4.61. The Labute approximate surface area is 155 Å². The fourth-order valence-electron chi connectivity index (χ4n) is 3.17. The lowest BCUT2D eigenvalue weighted by Gasteiger charge is -2.28. The molecule has 26 heavy (non-hydrogen) atoms. The first-order valence-corrected chi connectivity index (χ1v) is 9.10. The first-order chi connectivity index (χ1) is 12.5. The van der Waals surface area contributed by atoms with Crippen LogP contribution in [0, 0.1) is 5.92 Å². The molecule has 2 aromatic carbocycles. The van der Waals surface area contributed by atoms with Crippen LogP contribution >= 0.6 is 0 Å². The lowest BCUT2D eigenvalue weighted by atomic mass is 10.1. The van der Waals surface area contributed by atoms with E-state index in [0.29, 0.717) is 19.6 Å². The highest BCUT2D eigenvalue weighted by Gasteiger charge is 2.22. The summed E-state index contributed by atoms with van der Waals surface area (Å²) in [5.41, 5.74) is 0.924. The van der Waals surface area contributed by atoms with Gasteiger partial charge in [-0.2, -0.15) is 0 Å². The Morgan fingerprint density at radius 1 is 1.04 bits per heavy atom. The van der Waals surface area contributed by atoms with E-state index in [1.54, 1.807) is 0 Å². The Bertz CT molecular complexity index is 755. The summed E-state index contributed by atoms with van der Waals surface area (Å²) in [5, 5.41) is 2.18. The highest BCUT2D eigenvalue weighted by atomic mass is 16.5. The second-order valence-corrected chi connectivity index (χ2v) is 6.39. The van der Waals surface area contributed by atoms with Crippen molar-refractivity contribution in [2.24, 2.45) is 5.92 Å². The van der Waals surface area contributed by atoms with E-state index in [-0.39, 0.29) is 24.3 Å². The minimum Gasteiger partial charge on any atom is -0.469 e. The van der Waals surface area contributed by atoms with Crippen LogP contribution < -0.4 is 4.90 Å². The summed E-state index contributed by atoms with van der Waals surface area (Å²) >= 11 is 0. The van der Waals surface area contributed by atoms with E-state index < -0.39 is 0 Å². The first kappa shape index (κ1) is 19.9. The number of rotatable bonds is 8. The summed E-state index contributed by atoms with van der Waals surface area (Å²) in [5.74, 6) is -0.486. The molecule has 0 aliphatic carbocycles. The largest absolute Gasteiger partial charge is 0.469 e. The molecular weight excluding hydrogens is 328 g/mol.